The van der Waals surface area contributed by atoms with E-state index in [2.05, 4.69) is 35.9 Å². The first-order valence-electron chi connectivity index (χ1n) is 9.96. The Balaban J connectivity index is 2.73. The van der Waals surface area contributed by atoms with Gasteiger partial charge in [-0.25, -0.2) is 0 Å². The Morgan fingerprint density at radius 1 is 1.21 bits per heavy atom. The van der Waals surface area contributed by atoms with Crippen LogP contribution in [0.2, 0.25) is 0 Å². The van der Waals surface area contributed by atoms with Gasteiger partial charge >= 0.3 is 0 Å². The van der Waals surface area contributed by atoms with Crippen molar-refractivity contribution in [2.45, 2.75) is 44.8 Å². The van der Waals surface area contributed by atoms with E-state index in [4.69, 9.17) is 17.0 Å². The van der Waals surface area contributed by atoms with Crippen LogP contribution in [-0.4, -0.2) is 60.6 Å². The number of hydrogen-bond donors (Lipinski definition) is 0. The second kappa shape index (κ2) is 14.5. The minimum Gasteiger partial charge on any atom is -0.465 e. The third-order valence-electron chi connectivity index (χ3n) is 4.60. The number of thiocarbonyl (C=S) groups is 1. The molecule has 7 heteroatoms. The first-order chi connectivity index (χ1) is 13.9. The molecule has 1 amide bonds. The maximum absolute atomic E-state index is 12.8. The molecular weight excluding hydrogens is 406 g/mol. The van der Waals surface area contributed by atoms with Gasteiger partial charge in [0, 0.05) is 29.5 Å². The highest BCUT2D eigenvalue weighted by atomic mass is 32.2. The van der Waals surface area contributed by atoms with Crippen LogP contribution in [0.4, 0.5) is 0 Å². The van der Waals surface area contributed by atoms with E-state index in [1.54, 1.807) is 30.8 Å². The number of carbonyl (C=O) groups excluding carboxylic acids is 2. The average molecular weight is 440 g/mol. The van der Waals surface area contributed by atoms with Gasteiger partial charge in [0.15, 0.2) is 0 Å². The molecule has 0 heterocycles. The monoisotopic (exact) mass is 439 g/mol. The van der Waals surface area contributed by atoms with Crippen LogP contribution in [0.25, 0.3) is 0 Å². The van der Waals surface area contributed by atoms with Crippen molar-refractivity contribution in [1.82, 2.24) is 4.90 Å². The molecule has 0 spiro atoms. The Morgan fingerprint density at radius 3 is 2.41 bits per heavy atom. The molecule has 1 aromatic rings. The molecule has 0 N–H and O–H groups in total. The maximum Gasteiger partial charge on any atom is 0.293 e. The Kier molecular flexibility index (Phi) is 12.8. The van der Waals surface area contributed by atoms with Crippen molar-refractivity contribution in [3.05, 3.63) is 35.4 Å². The molecule has 2 atom stereocenters. The normalized spacial score (nSPS) is 12.8. The molecule has 29 heavy (non-hydrogen) atoms. The van der Waals surface area contributed by atoms with Gasteiger partial charge in [-0.3, -0.25) is 9.59 Å². The number of rotatable bonds is 14. The fourth-order valence-electron chi connectivity index (χ4n) is 3.06. The van der Waals surface area contributed by atoms with Gasteiger partial charge in [-0.2, -0.15) is 0 Å². The van der Waals surface area contributed by atoms with E-state index in [1.807, 2.05) is 6.92 Å². The van der Waals surface area contributed by atoms with Crippen LogP contribution in [0.1, 0.15) is 37.8 Å². The van der Waals surface area contributed by atoms with Gasteiger partial charge in [0.2, 0.25) is 5.91 Å². The van der Waals surface area contributed by atoms with Crippen molar-refractivity contribution in [2.24, 2.45) is 5.92 Å². The predicted molar refractivity (Wildman–Crippen MR) is 123 cm³/mol. The number of thioether (sulfide) groups is 1. The number of hydrogen-bond acceptors (Lipinski definition) is 6. The third-order valence-corrected chi connectivity index (χ3v) is 5.88. The van der Waals surface area contributed by atoms with Crippen LogP contribution in [0, 0.1) is 5.92 Å². The first kappa shape index (κ1) is 25.6. The van der Waals surface area contributed by atoms with Crippen molar-refractivity contribution in [3.8, 4) is 0 Å². The molecule has 0 radical (unpaired) electrons. The predicted octanol–water partition coefficient (Wildman–Crippen LogP) is 3.91. The molecule has 0 saturated heterocycles. The third kappa shape index (κ3) is 10.8. The number of amides is 1. The number of aryl methyl sites for hydroxylation is 2. The lowest BCUT2D eigenvalue weighted by atomic mass is 9.93. The molecule has 0 aromatic heterocycles. The molecule has 0 fully saturated rings. The Hall–Kier alpha value is -1.44. The van der Waals surface area contributed by atoms with E-state index in [1.165, 1.54) is 11.1 Å². The fourth-order valence-corrected chi connectivity index (χ4v) is 4.43. The standard InChI is InChI=1S/C22H33NO4S2/c1-5-18-6-8-19(9-7-18)10-11-20(22(25)23(3)4)14-21(29-17(2)28)15-26-12-13-27-16-24/h6-9,16,20-21H,5,10-15H2,1-4H3. The molecule has 2 unspecified atom stereocenters. The molecular formula is C22H33NO4S2. The van der Waals surface area contributed by atoms with E-state index in [9.17, 15) is 9.59 Å². The maximum atomic E-state index is 12.8. The Labute approximate surface area is 184 Å². The number of benzene rings is 1. The van der Waals surface area contributed by atoms with Crippen LogP contribution < -0.4 is 0 Å². The molecule has 5 nitrogen and oxygen atoms in total. The van der Waals surface area contributed by atoms with Crippen molar-refractivity contribution in [2.75, 3.05) is 33.9 Å². The summed E-state index contributed by atoms with van der Waals surface area (Å²) in [7, 11) is 3.59. The zero-order valence-electron chi connectivity index (χ0n) is 17.9. The fraction of sp³-hybridized carbons (Fsp3) is 0.591. The summed E-state index contributed by atoms with van der Waals surface area (Å²) in [5.74, 6) is 0.0321. The SMILES string of the molecule is CCc1ccc(CCC(CC(COCCOC=O)SC(C)=S)C(=O)N(C)C)cc1. The highest BCUT2D eigenvalue weighted by Crippen LogP contribution is 2.26. The largest absolute Gasteiger partial charge is 0.465 e. The van der Waals surface area contributed by atoms with E-state index < -0.39 is 0 Å². The second-order valence-corrected chi connectivity index (χ2v) is 9.53. The van der Waals surface area contributed by atoms with Crippen LogP contribution >= 0.6 is 24.0 Å². The van der Waals surface area contributed by atoms with Gasteiger partial charge in [-0.15, -0.1) is 11.8 Å². The minimum atomic E-state index is -0.0995. The lowest BCUT2D eigenvalue weighted by molar-refractivity contribution is -0.133. The average Bonchev–Trinajstić information content (AvgIpc) is 2.70. The first-order valence-corrected chi connectivity index (χ1v) is 11.2. The van der Waals surface area contributed by atoms with Crippen LogP contribution in [0.3, 0.4) is 0 Å². The van der Waals surface area contributed by atoms with Crippen molar-refractivity contribution >= 4 is 40.6 Å². The molecule has 0 aliphatic carbocycles. The molecule has 1 aromatic carbocycles. The van der Waals surface area contributed by atoms with Crippen LogP contribution in [0.5, 0.6) is 0 Å². The summed E-state index contributed by atoms with van der Waals surface area (Å²) in [6, 6.07) is 8.61. The smallest absolute Gasteiger partial charge is 0.293 e. The molecule has 0 saturated carbocycles. The van der Waals surface area contributed by atoms with Gasteiger partial charge in [-0.05, 0) is 43.7 Å². The van der Waals surface area contributed by atoms with Crippen molar-refractivity contribution in [1.29, 1.82) is 0 Å². The van der Waals surface area contributed by atoms with Gasteiger partial charge in [0.1, 0.15) is 6.61 Å². The lowest BCUT2D eigenvalue weighted by Gasteiger charge is -2.25. The van der Waals surface area contributed by atoms with Gasteiger partial charge in [0.05, 0.1) is 13.2 Å². The highest BCUT2D eigenvalue weighted by molar-refractivity contribution is 8.23. The molecule has 162 valence electrons. The summed E-state index contributed by atoms with van der Waals surface area (Å²) in [6.07, 6.45) is 3.35. The van der Waals surface area contributed by atoms with Gasteiger partial charge < -0.3 is 14.4 Å². The minimum absolute atomic E-state index is 0.0834. The summed E-state index contributed by atoms with van der Waals surface area (Å²) in [5.41, 5.74) is 2.56. The molecule has 0 bridgehead atoms. The number of carbonyl (C=O) groups is 2. The summed E-state index contributed by atoms with van der Waals surface area (Å²) in [4.78, 5) is 24.7. The summed E-state index contributed by atoms with van der Waals surface area (Å²) >= 11 is 6.84. The zero-order valence-corrected chi connectivity index (χ0v) is 19.5. The van der Waals surface area contributed by atoms with Crippen molar-refractivity contribution in [3.63, 3.8) is 0 Å². The number of nitrogens with zero attached hydrogens (tertiary/aromatic N) is 1. The quantitative estimate of drug-likeness (QED) is 0.249. The molecule has 0 aliphatic rings. The summed E-state index contributed by atoms with van der Waals surface area (Å²) < 4.78 is 11.1. The summed E-state index contributed by atoms with van der Waals surface area (Å²) in [5, 5.41) is 0.0834. The van der Waals surface area contributed by atoms with E-state index in [-0.39, 0.29) is 23.7 Å². The lowest BCUT2D eigenvalue weighted by Crippen LogP contribution is -2.33. The Morgan fingerprint density at radius 2 is 1.86 bits per heavy atom. The van der Waals surface area contributed by atoms with Gasteiger partial charge in [-0.1, -0.05) is 43.4 Å². The van der Waals surface area contributed by atoms with Crippen molar-refractivity contribution < 1.29 is 19.1 Å². The molecule has 1 rings (SSSR count). The van der Waals surface area contributed by atoms with E-state index in [0.29, 0.717) is 26.1 Å². The Bertz CT molecular complexity index is 634. The molecule has 0 aliphatic heterocycles. The van der Waals surface area contributed by atoms with Crippen LogP contribution in [-0.2, 0) is 31.9 Å². The van der Waals surface area contributed by atoms with E-state index >= 15 is 0 Å². The number of ether oxygens (including phenoxy) is 2. The highest BCUT2D eigenvalue weighted by Gasteiger charge is 2.25. The van der Waals surface area contributed by atoms with Crippen LogP contribution in [0.15, 0.2) is 24.3 Å². The second-order valence-electron chi connectivity index (χ2n) is 7.15. The topological polar surface area (TPSA) is 55.8 Å². The van der Waals surface area contributed by atoms with E-state index in [0.717, 1.165) is 23.5 Å². The van der Waals surface area contributed by atoms with Gasteiger partial charge in [0.25, 0.3) is 6.47 Å². The zero-order chi connectivity index (χ0) is 21.6. The summed E-state index contributed by atoms with van der Waals surface area (Å²) in [6.45, 7) is 5.47.